The summed E-state index contributed by atoms with van der Waals surface area (Å²) in [5, 5.41) is 12.2. The molecule has 19 heavy (non-hydrogen) atoms. The van der Waals surface area contributed by atoms with Crippen molar-refractivity contribution in [3.8, 4) is 5.75 Å². The van der Waals surface area contributed by atoms with Crippen LogP contribution in [0.2, 0.25) is 0 Å². The second-order valence-electron chi connectivity index (χ2n) is 4.23. The molecule has 0 aliphatic carbocycles. The van der Waals surface area contributed by atoms with Gasteiger partial charge in [0.25, 0.3) is 5.91 Å². The van der Waals surface area contributed by atoms with Gasteiger partial charge in [0.05, 0.1) is 18.2 Å². The van der Waals surface area contributed by atoms with Crippen LogP contribution in [0.3, 0.4) is 0 Å². The molecular formula is C14H15NO4. The number of rotatable bonds is 4. The summed E-state index contributed by atoms with van der Waals surface area (Å²) in [6, 6.07) is 6.45. The zero-order chi connectivity index (χ0) is 14.0. The van der Waals surface area contributed by atoms with Crippen LogP contribution in [0.5, 0.6) is 5.75 Å². The zero-order valence-electron chi connectivity index (χ0n) is 10.8. The molecule has 100 valence electrons. The maximum Gasteiger partial charge on any atom is 0.287 e. The van der Waals surface area contributed by atoms with E-state index in [1.54, 1.807) is 24.3 Å². The highest BCUT2D eigenvalue weighted by molar-refractivity contribution is 6.08. The molecular weight excluding hydrogens is 246 g/mol. The number of aliphatic hydroxyl groups is 1. The van der Waals surface area contributed by atoms with Gasteiger partial charge in [0.15, 0.2) is 11.5 Å². The summed E-state index contributed by atoms with van der Waals surface area (Å²) in [6.45, 7) is 3.78. The van der Waals surface area contributed by atoms with Gasteiger partial charge in [0, 0.05) is 0 Å². The molecule has 1 aliphatic rings. The van der Waals surface area contributed by atoms with Crippen molar-refractivity contribution in [3.63, 3.8) is 0 Å². The van der Waals surface area contributed by atoms with Crippen molar-refractivity contribution in [1.29, 1.82) is 0 Å². The third-order valence-electron chi connectivity index (χ3n) is 2.94. The van der Waals surface area contributed by atoms with E-state index in [0.29, 0.717) is 12.4 Å². The molecule has 0 saturated heterocycles. The molecule has 1 aliphatic heterocycles. The lowest BCUT2D eigenvalue weighted by atomic mass is 9.98. The van der Waals surface area contributed by atoms with Crippen LogP contribution in [0.1, 0.15) is 25.5 Å². The molecule has 1 amide bonds. The highest BCUT2D eigenvalue weighted by Gasteiger charge is 2.35. The Bertz CT molecular complexity index is 545. The van der Waals surface area contributed by atoms with Crippen molar-refractivity contribution in [3.05, 3.63) is 41.2 Å². The van der Waals surface area contributed by atoms with E-state index < -0.39 is 17.7 Å². The van der Waals surface area contributed by atoms with Crippen molar-refractivity contribution in [2.75, 3.05) is 6.61 Å². The van der Waals surface area contributed by atoms with Gasteiger partial charge < -0.3 is 15.2 Å². The molecule has 0 unspecified atom stereocenters. The van der Waals surface area contributed by atoms with Gasteiger partial charge in [-0.3, -0.25) is 9.59 Å². The second-order valence-corrected chi connectivity index (χ2v) is 4.23. The molecule has 5 heteroatoms. The molecule has 5 nitrogen and oxygen atoms in total. The van der Waals surface area contributed by atoms with Crippen molar-refractivity contribution in [2.45, 2.75) is 19.9 Å². The van der Waals surface area contributed by atoms with Crippen LogP contribution in [0.15, 0.2) is 35.6 Å². The smallest absolute Gasteiger partial charge is 0.287 e. The number of ether oxygens (including phenoxy) is 1. The third-order valence-corrected chi connectivity index (χ3v) is 2.94. The fraction of sp³-hybridized carbons (Fsp3) is 0.286. The number of benzene rings is 1. The van der Waals surface area contributed by atoms with Gasteiger partial charge in [-0.1, -0.05) is 12.1 Å². The normalized spacial score (nSPS) is 18.4. The first-order valence-corrected chi connectivity index (χ1v) is 6.02. The summed E-state index contributed by atoms with van der Waals surface area (Å²) < 4.78 is 5.32. The van der Waals surface area contributed by atoms with Gasteiger partial charge >= 0.3 is 0 Å². The predicted octanol–water partition coefficient (Wildman–Crippen LogP) is 1.66. The number of aliphatic hydroxyl groups excluding tert-OH is 1. The fourth-order valence-electron chi connectivity index (χ4n) is 2.07. The summed E-state index contributed by atoms with van der Waals surface area (Å²) in [5.74, 6) is -0.724. The van der Waals surface area contributed by atoms with Gasteiger partial charge in [-0.15, -0.1) is 0 Å². The first-order valence-electron chi connectivity index (χ1n) is 6.02. The molecule has 0 radical (unpaired) electrons. The van der Waals surface area contributed by atoms with Crippen LogP contribution in [0.25, 0.3) is 0 Å². The van der Waals surface area contributed by atoms with E-state index in [0.717, 1.165) is 5.56 Å². The molecule has 2 N–H and O–H groups in total. The van der Waals surface area contributed by atoms with E-state index in [4.69, 9.17) is 4.74 Å². The van der Waals surface area contributed by atoms with Crippen LogP contribution in [0.4, 0.5) is 0 Å². The van der Waals surface area contributed by atoms with Crippen LogP contribution in [-0.4, -0.2) is 23.4 Å². The van der Waals surface area contributed by atoms with Crippen molar-refractivity contribution < 1.29 is 19.4 Å². The largest absolute Gasteiger partial charge is 0.503 e. The predicted molar refractivity (Wildman–Crippen MR) is 68.8 cm³/mol. The number of carbonyl (C=O) groups is 2. The Kier molecular flexibility index (Phi) is 3.55. The summed E-state index contributed by atoms with van der Waals surface area (Å²) >= 11 is 0. The monoisotopic (exact) mass is 261 g/mol. The van der Waals surface area contributed by atoms with Gasteiger partial charge in [-0.2, -0.15) is 0 Å². The summed E-state index contributed by atoms with van der Waals surface area (Å²) in [7, 11) is 0. The lowest BCUT2D eigenvalue weighted by Gasteiger charge is -2.14. The number of carbonyl (C=O) groups excluding carboxylic acids is 2. The van der Waals surface area contributed by atoms with E-state index >= 15 is 0 Å². The molecule has 0 bridgehead atoms. The van der Waals surface area contributed by atoms with Gasteiger partial charge in [-0.05, 0) is 31.5 Å². The van der Waals surface area contributed by atoms with E-state index in [2.05, 4.69) is 5.32 Å². The Morgan fingerprint density at radius 3 is 2.53 bits per heavy atom. The van der Waals surface area contributed by atoms with Crippen molar-refractivity contribution >= 4 is 11.7 Å². The number of Topliss-reactive ketones (excluding diaryl/α,β-unsaturated/α-hetero) is 1. The minimum Gasteiger partial charge on any atom is -0.503 e. The van der Waals surface area contributed by atoms with Crippen molar-refractivity contribution in [2.24, 2.45) is 0 Å². The summed E-state index contributed by atoms with van der Waals surface area (Å²) in [5.41, 5.74) is 0.834. The SMILES string of the molecule is CCOc1ccc([C@H]2NC(=O)C(O)=C2C(C)=O)cc1. The Hall–Kier alpha value is -2.30. The number of amides is 1. The summed E-state index contributed by atoms with van der Waals surface area (Å²) in [6.07, 6.45) is 0. The molecule has 2 rings (SSSR count). The first kappa shape index (κ1) is 13.1. The minimum absolute atomic E-state index is 0.106. The number of nitrogens with one attached hydrogen (secondary N) is 1. The molecule has 1 heterocycles. The Balaban J connectivity index is 2.32. The van der Waals surface area contributed by atoms with E-state index in [-0.39, 0.29) is 11.4 Å². The molecule has 1 atom stereocenters. The minimum atomic E-state index is -0.621. The van der Waals surface area contributed by atoms with Crippen LogP contribution >= 0.6 is 0 Å². The Morgan fingerprint density at radius 2 is 2.00 bits per heavy atom. The van der Waals surface area contributed by atoms with Crippen LogP contribution in [0, 0.1) is 0 Å². The maximum atomic E-state index is 11.5. The number of hydrogen-bond donors (Lipinski definition) is 2. The van der Waals surface area contributed by atoms with E-state index in [1.165, 1.54) is 6.92 Å². The molecule has 1 aromatic rings. The Morgan fingerprint density at radius 1 is 1.37 bits per heavy atom. The first-order chi connectivity index (χ1) is 9.04. The van der Waals surface area contributed by atoms with Crippen LogP contribution < -0.4 is 10.1 Å². The molecule has 1 aromatic carbocycles. The molecule has 0 spiro atoms. The lowest BCUT2D eigenvalue weighted by Crippen LogP contribution is -2.23. The fourth-order valence-corrected chi connectivity index (χ4v) is 2.07. The zero-order valence-corrected chi connectivity index (χ0v) is 10.8. The highest BCUT2D eigenvalue weighted by Crippen LogP contribution is 2.30. The third kappa shape index (κ3) is 2.45. The molecule has 0 saturated carbocycles. The van der Waals surface area contributed by atoms with Gasteiger partial charge in [-0.25, -0.2) is 0 Å². The van der Waals surface area contributed by atoms with Gasteiger partial charge in [0.2, 0.25) is 0 Å². The molecule has 0 aromatic heterocycles. The average Bonchev–Trinajstić information content (AvgIpc) is 2.67. The highest BCUT2D eigenvalue weighted by atomic mass is 16.5. The summed E-state index contributed by atoms with van der Waals surface area (Å²) in [4.78, 5) is 23.0. The van der Waals surface area contributed by atoms with E-state index in [1.807, 2.05) is 6.92 Å². The van der Waals surface area contributed by atoms with E-state index in [9.17, 15) is 14.7 Å². The topological polar surface area (TPSA) is 75.6 Å². The second kappa shape index (κ2) is 5.14. The van der Waals surface area contributed by atoms with Gasteiger partial charge in [0.1, 0.15) is 5.75 Å². The quantitative estimate of drug-likeness (QED) is 0.864. The maximum absolute atomic E-state index is 11.5. The van der Waals surface area contributed by atoms with Crippen molar-refractivity contribution in [1.82, 2.24) is 5.32 Å². The number of hydrogen-bond acceptors (Lipinski definition) is 4. The van der Waals surface area contributed by atoms with Crippen LogP contribution in [-0.2, 0) is 9.59 Å². The Labute approximate surface area is 110 Å². The lowest BCUT2D eigenvalue weighted by molar-refractivity contribution is -0.119. The standard InChI is InChI=1S/C14H15NO4/c1-3-19-10-6-4-9(5-7-10)12-11(8(2)16)13(17)14(18)15-12/h4-7,12,17H,3H2,1-2H3,(H,15,18)/t12-/m1/s1. The number of ketones is 1. The molecule has 0 fully saturated rings. The average molecular weight is 261 g/mol.